The molecule has 0 radical (unpaired) electrons. The predicted molar refractivity (Wildman–Crippen MR) is 53.6 cm³/mol. The number of hydrogen-bond acceptors (Lipinski definition) is 1. The molecule has 0 N–H and O–H groups in total. The zero-order valence-corrected chi connectivity index (χ0v) is 11.0. The highest BCUT2D eigenvalue weighted by molar-refractivity contribution is 5.76. The van der Waals surface area contributed by atoms with Gasteiger partial charge in [0.15, 0.2) is 6.29 Å². The molecule has 0 atom stereocenters. The Morgan fingerprint density at radius 1 is 1.21 bits per heavy atom. The first-order chi connectivity index (χ1) is 6.03. The molecule has 1 aromatic carbocycles. The van der Waals surface area contributed by atoms with E-state index in [-0.39, 0.29) is 24.0 Å². The van der Waals surface area contributed by atoms with Crippen molar-refractivity contribution in [3.8, 4) is 0 Å². The van der Waals surface area contributed by atoms with E-state index in [4.69, 9.17) is 0 Å². The lowest BCUT2D eigenvalue weighted by Crippen LogP contribution is -3.00. The molecular weight excluding hydrogens is 289 g/mol. The van der Waals surface area contributed by atoms with Gasteiger partial charge in [-0.3, -0.25) is 4.79 Å². The molecule has 0 aliphatic carbocycles. The number of hydrogen-bond donors (Lipinski definition) is 0. The van der Waals surface area contributed by atoms with Gasteiger partial charge in [0.05, 0.1) is 21.1 Å². The summed E-state index contributed by atoms with van der Waals surface area (Å²) < 4.78 is 0.838. The number of nitrogens with zero attached hydrogens (tertiary/aromatic N) is 1. The van der Waals surface area contributed by atoms with Gasteiger partial charge in [0.1, 0.15) is 6.54 Å². The van der Waals surface area contributed by atoms with Crippen LogP contribution in [0.1, 0.15) is 15.9 Å². The van der Waals surface area contributed by atoms with Crippen molar-refractivity contribution >= 4 is 6.29 Å². The molecule has 0 amide bonds. The monoisotopic (exact) mass is 305 g/mol. The maximum Gasteiger partial charge on any atom is 0.150 e. The van der Waals surface area contributed by atoms with Gasteiger partial charge in [0.2, 0.25) is 0 Å². The molecule has 1 rings (SSSR count). The van der Waals surface area contributed by atoms with Crippen LogP contribution in [0.5, 0.6) is 0 Å². The summed E-state index contributed by atoms with van der Waals surface area (Å²) >= 11 is 0. The molecule has 0 saturated carbocycles. The number of aldehydes is 1. The molecule has 0 aromatic heterocycles. The molecule has 0 heterocycles. The smallest absolute Gasteiger partial charge is 0.150 e. The number of benzene rings is 1. The maximum absolute atomic E-state index is 10.7. The molecule has 0 bridgehead atoms. The van der Waals surface area contributed by atoms with Crippen molar-refractivity contribution in [1.82, 2.24) is 0 Å². The van der Waals surface area contributed by atoms with Crippen molar-refractivity contribution in [2.45, 2.75) is 6.54 Å². The second-order valence-electron chi connectivity index (χ2n) is 4.27. The lowest BCUT2D eigenvalue weighted by atomic mass is 10.1. The van der Waals surface area contributed by atoms with Crippen LogP contribution in [0.3, 0.4) is 0 Å². The third kappa shape index (κ3) is 4.19. The van der Waals surface area contributed by atoms with Crippen molar-refractivity contribution in [3.63, 3.8) is 0 Å². The number of rotatable bonds is 3. The van der Waals surface area contributed by atoms with Crippen LogP contribution in [0.4, 0.5) is 0 Å². The topological polar surface area (TPSA) is 17.1 Å². The Hall–Kier alpha value is -0.420. The molecule has 14 heavy (non-hydrogen) atoms. The summed E-state index contributed by atoms with van der Waals surface area (Å²) in [7, 11) is 6.34. The molecule has 1 aromatic rings. The Kier molecular flexibility index (Phi) is 5.29. The van der Waals surface area contributed by atoms with Gasteiger partial charge in [-0.05, 0) is 0 Å². The summed E-state index contributed by atoms with van der Waals surface area (Å²) in [6.07, 6.45) is 0.922. The van der Waals surface area contributed by atoms with E-state index in [1.54, 1.807) is 0 Å². The number of quaternary nitrogens is 1. The van der Waals surface area contributed by atoms with Crippen LogP contribution in [-0.4, -0.2) is 31.9 Å². The van der Waals surface area contributed by atoms with Gasteiger partial charge in [-0.2, -0.15) is 0 Å². The summed E-state index contributed by atoms with van der Waals surface area (Å²) in [6.45, 7) is 0.884. The minimum absolute atomic E-state index is 0. The maximum atomic E-state index is 10.7. The van der Waals surface area contributed by atoms with E-state index in [0.29, 0.717) is 0 Å². The fraction of sp³-hybridized carbons (Fsp3) is 0.364. The lowest BCUT2D eigenvalue weighted by molar-refractivity contribution is -0.884. The average Bonchev–Trinajstić information content (AvgIpc) is 2.02. The van der Waals surface area contributed by atoms with Crippen LogP contribution in [0, 0.1) is 0 Å². The van der Waals surface area contributed by atoms with Crippen molar-refractivity contribution in [2.75, 3.05) is 21.1 Å². The summed E-state index contributed by atoms with van der Waals surface area (Å²) in [5.74, 6) is 0. The summed E-state index contributed by atoms with van der Waals surface area (Å²) in [5.41, 5.74) is 1.92. The van der Waals surface area contributed by atoms with E-state index < -0.39 is 0 Å². The van der Waals surface area contributed by atoms with Gasteiger partial charge in [-0.1, -0.05) is 24.3 Å². The third-order valence-electron chi connectivity index (χ3n) is 1.83. The Balaban J connectivity index is 0.00000169. The summed E-state index contributed by atoms with van der Waals surface area (Å²) in [5, 5.41) is 0. The molecule has 0 saturated heterocycles. The summed E-state index contributed by atoms with van der Waals surface area (Å²) in [4.78, 5) is 10.7. The molecule has 0 aliphatic heterocycles. The van der Waals surface area contributed by atoms with E-state index in [0.717, 1.165) is 28.4 Å². The average molecular weight is 305 g/mol. The van der Waals surface area contributed by atoms with E-state index in [2.05, 4.69) is 21.1 Å². The van der Waals surface area contributed by atoms with E-state index in [1.165, 1.54) is 0 Å². The molecule has 0 spiro atoms. The molecule has 2 nitrogen and oxygen atoms in total. The van der Waals surface area contributed by atoms with Crippen molar-refractivity contribution in [3.05, 3.63) is 35.4 Å². The Bertz CT molecular complexity index is 304. The standard InChI is InChI=1S/C11H16NO.HI/c1-12(2,3)8-10-6-4-5-7-11(10)9-13;/h4-7,9H,8H2,1-3H3;1H/q+1;/p-1. The van der Waals surface area contributed by atoms with Gasteiger partial charge in [-0.25, -0.2) is 0 Å². The SMILES string of the molecule is C[N+](C)(C)Cc1ccccc1C=O.[I-]. The fourth-order valence-electron chi connectivity index (χ4n) is 1.30. The zero-order chi connectivity index (χ0) is 9.90. The van der Waals surface area contributed by atoms with Gasteiger partial charge in [-0.15, -0.1) is 0 Å². The number of halogens is 1. The molecule has 78 valence electrons. The predicted octanol–water partition coefficient (Wildman–Crippen LogP) is -1.29. The quantitative estimate of drug-likeness (QED) is 0.386. The number of carbonyl (C=O) groups is 1. The van der Waals surface area contributed by atoms with Crippen molar-refractivity contribution in [2.24, 2.45) is 0 Å². The Morgan fingerprint density at radius 2 is 1.79 bits per heavy atom. The number of carbonyl (C=O) groups excluding carboxylic acids is 1. The first-order valence-corrected chi connectivity index (χ1v) is 4.36. The normalized spacial score (nSPS) is 10.5. The van der Waals surface area contributed by atoms with Crippen LogP contribution < -0.4 is 24.0 Å². The first kappa shape index (κ1) is 13.6. The second kappa shape index (κ2) is 5.46. The van der Waals surface area contributed by atoms with Crippen LogP contribution in [0.25, 0.3) is 0 Å². The summed E-state index contributed by atoms with van der Waals surface area (Å²) in [6, 6.07) is 7.73. The highest BCUT2D eigenvalue weighted by Crippen LogP contribution is 2.10. The van der Waals surface area contributed by atoms with Gasteiger partial charge in [0, 0.05) is 11.1 Å². The van der Waals surface area contributed by atoms with E-state index in [9.17, 15) is 4.79 Å². The van der Waals surface area contributed by atoms with Crippen LogP contribution in [-0.2, 0) is 6.54 Å². The molecule has 0 fully saturated rings. The molecular formula is C11H16INO. The molecule has 0 unspecified atom stereocenters. The van der Waals surface area contributed by atoms with Crippen molar-refractivity contribution in [1.29, 1.82) is 0 Å². The van der Waals surface area contributed by atoms with Gasteiger partial charge < -0.3 is 28.5 Å². The Labute approximate surface area is 103 Å². The van der Waals surface area contributed by atoms with Gasteiger partial charge in [0.25, 0.3) is 0 Å². The zero-order valence-electron chi connectivity index (χ0n) is 8.83. The minimum Gasteiger partial charge on any atom is -1.00 e. The highest BCUT2D eigenvalue weighted by Gasteiger charge is 2.10. The third-order valence-corrected chi connectivity index (χ3v) is 1.83. The Morgan fingerprint density at radius 3 is 2.29 bits per heavy atom. The van der Waals surface area contributed by atoms with Crippen LogP contribution >= 0.6 is 0 Å². The van der Waals surface area contributed by atoms with E-state index >= 15 is 0 Å². The van der Waals surface area contributed by atoms with E-state index in [1.807, 2.05) is 24.3 Å². The first-order valence-electron chi connectivity index (χ1n) is 4.36. The minimum atomic E-state index is 0. The lowest BCUT2D eigenvalue weighted by Gasteiger charge is -2.24. The second-order valence-corrected chi connectivity index (χ2v) is 4.27. The van der Waals surface area contributed by atoms with Crippen molar-refractivity contribution < 1.29 is 33.3 Å². The largest absolute Gasteiger partial charge is 1.00 e. The van der Waals surface area contributed by atoms with Gasteiger partial charge >= 0.3 is 0 Å². The van der Waals surface area contributed by atoms with Crippen LogP contribution in [0.2, 0.25) is 0 Å². The van der Waals surface area contributed by atoms with Crippen LogP contribution in [0.15, 0.2) is 24.3 Å². The molecule has 3 heteroatoms. The highest BCUT2D eigenvalue weighted by atomic mass is 127. The fourth-order valence-corrected chi connectivity index (χ4v) is 1.30. The molecule has 0 aliphatic rings.